The molecule has 2 aromatic rings. The molecule has 0 amide bonds. The van der Waals surface area contributed by atoms with E-state index in [0.717, 1.165) is 30.4 Å². The lowest BCUT2D eigenvalue weighted by Gasteiger charge is -2.12. The highest BCUT2D eigenvalue weighted by atomic mass is 16.5. The van der Waals surface area contributed by atoms with E-state index in [1.54, 1.807) is 6.07 Å². The minimum atomic E-state index is -0.307. The Morgan fingerprint density at radius 1 is 1.09 bits per heavy atom. The van der Waals surface area contributed by atoms with Crippen LogP contribution in [0, 0.1) is 0 Å². The molecule has 0 radical (unpaired) electrons. The number of carbonyl (C=O) groups is 1. The SMILES string of the molecule is CCCCc1ccc(OCc2ccccc2)cc1OC(C)=O. The van der Waals surface area contributed by atoms with Crippen molar-refractivity contribution in [2.75, 3.05) is 0 Å². The van der Waals surface area contributed by atoms with Crippen LogP contribution < -0.4 is 9.47 Å². The average Bonchev–Trinajstić information content (AvgIpc) is 2.52. The fourth-order valence-corrected chi connectivity index (χ4v) is 2.19. The molecule has 0 heterocycles. The Morgan fingerprint density at radius 3 is 2.55 bits per heavy atom. The first-order valence-corrected chi connectivity index (χ1v) is 7.67. The molecule has 3 nitrogen and oxygen atoms in total. The monoisotopic (exact) mass is 298 g/mol. The molecule has 0 unspecified atom stereocenters. The van der Waals surface area contributed by atoms with Gasteiger partial charge in [0, 0.05) is 13.0 Å². The van der Waals surface area contributed by atoms with Crippen LogP contribution in [0.1, 0.15) is 37.8 Å². The second-order valence-electron chi connectivity index (χ2n) is 5.24. The van der Waals surface area contributed by atoms with Gasteiger partial charge in [0.15, 0.2) is 0 Å². The molecule has 116 valence electrons. The molecule has 0 aliphatic heterocycles. The molecule has 0 spiro atoms. The number of hydrogen-bond acceptors (Lipinski definition) is 3. The molecule has 3 heteroatoms. The average molecular weight is 298 g/mol. The zero-order valence-electron chi connectivity index (χ0n) is 13.2. The highest BCUT2D eigenvalue weighted by Gasteiger charge is 2.08. The number of benzene rings is 2. The van der Waals surface area contributed by atoms with Crippen LogP contribution in [-0.2, 0) is 17.8 Å². The van der Waals surface area contributed by atoms with Gasteiger partial charge in [0.1, 0.15) is 18.1 Å². The lowest BCUT2D eigenvalue weighted by Crippen LogP contribution is -2.05. The van der Waals surface area contributed by atoms with Gasteiger partial charge in [-0.15, -0.1) is 0 Å². The largest absolute Gasteiger partial charge is 0.489 e. The Kier molecular flexibility index (Phi) is 6.01. The smallest absolute Gasteiger partial charge is 0.308 e. The third kappa shape index (κ3) is 4.92. The second kappa shape index (κ2) is 8.23. The highest BCUT2D eigenvalue weighted by Crippen LogP contribution is 2.27. The van der Waals surface area contributed by atoms with Crippen LogP contribution in [0.3, 0.4) is 0 Å². The number of hydrogen-bond donors (Lipinski definition) is 0. The maximum absolute atomic E-state index is 11.3. The molecule has 0 aliphatic carbocycles. The molecule has 2 aromatic carbocycles. The van der Waals surface area contributed by atoms with Crippen molar-refractivity contribution in [2.24, 2.45) is 0 Å². The van der Waals surface area contributed by atoms with Crippen molar-refractivity contribution in [3.05, 3.63) is 59.7 Å². The van der Waals surface area contributed by atoms with Crippen LogP contribution in [0.2, 0.25) is 0 Å². The number of esters is 1. The lowest BCUT2D eigenvalue weighted by molar-refractivity contribution is -0.131. The van der Waals surface area contributed by atoms with E-state index in [1.165, 1.54) is 6.92 Å². The van der Waals surface area contributed by atoms with Crippen molar-refractivity contribution >= 4 is 5.97 Å². The van der Waals surface area contributed by atoms with Crippen molar-refractivity contribution in [1.82, 2.24) is 0 Å². The van der Waals surface area contributed by atoms with Crippen molar-refractivity contribution in [1.29, 1.82) is 0 Å². The van der Waals surface area contributed by atoms with Crippen LogP contribution >= 0.6 is 0 Å². The molecule has 0 saturated heterocycles. The topological polar surface area (TPSA) is 35.5 Å². The quantitative estimate of drug-likeness (QED) is 0.556. The lowest BCUT2D eigenvalue weighted by atomic mass is 10.1. The molecule has 0 bridgehead atoms. The predicted molar refractivity (Wildman–Crippen MR) is 87.1 cm³/mol. The van der Waals surface area contributed by atoms with Crippen molar-refractivity contribution in [3.63, 3.8) is 0 Å². The minimum absolute atomic E-state index is 0.307. The Balaban J connectivity index is 2.09. The summed E-state index contributed by atoms with van der Waals surface area (Å²) >= 11 is 0. The standard InChI is InChI=1S/C19H22O3/c1-3-4-10-17-11-12-18(13-19(17)22-15(2)20)21-14-16-8-6-5-7-9-16/h5-9,11-13H,3-4,10,14H2,1-2H3. The third-order valence-corrected chi connectivity index (χ3v) is 3.34. The predicted octanol–water partition coefficient (Wildman–Crippen LogP) is 4.53. The van der Waals surface area contributed by atoms with Gasteiger partial charge in [-0.2, -0.15) is 0 Å². The summed E-state index contributed by atoms with van der Waals surface area (Å²) in [6.07, 6.45) is 3.07. The van der Waals surface area contributed by atoms with Crippen molar-refractivity contribution in [2.45, 2.75) is 39.7 Å². The van der Waals surface area contributed by atoms with Crippen LogP contribution in [-0.4, -0.2) is 5.97 Å². The van der Waals surface area contributed by atoms with E-state index in [1.807, 2.05) is 42.5 Å². The summed E-state index contributed by atoms with van der Waals surface area (Å²) < 4.78 is 11.1. The van der Waals surface area contributed by atoms with Gasteiger partial charge < -0.3 is 9.47 Å². The summed E-state index contributed by atoms with van der Waals surface area (Å²) in [6.45, 7) is 4.05. The summed E-state index contributed by atoms with van der Waals surface area (Å²) in [7, 11) is 0. The Labute approximate surface area is 131 Å². The second-order valence-corrected chi connectivity index (χ2v) is 5.24. The van der Waals surface area contributed by atoms with Crippen LogP contribution in [0.5, 0.6) is 11.5 Å². The van der Waals surface area contributed by atoms with E-state index >= 15 is 0 Å². The van der Waals surface area contributed by atoms with E-state index in [0.29, 0.717) is 18.1 Å². The maximum Gasteiger partial charge on any atom is 0.308 e. The zero-order chi connectivity index (χ0) is 15.8. The normalized spacial score (nSPS) is 10.3. The van der Waals surface area contributed by atoms with Crippen LogP contribution in [0.15, 0.2) is 48.5 Å². The number of ether oxygens (including phenoxy) is 2. The Bertz CT molecular complexity index is 605. The van der Waals surface area contributed by atoms with E-state index in [-0.39, 0.29) is 5.97 Å². The minimum Gasteiger partial charge on any atom is -0.489 e. The fraction of sp³-hybridized carbons (Fsp3) is 0.316. The molecule has 22 heavy (non-hydrogen) atoms. The van der Waals surface area contributed by atoms with Crippen molar-refractivity contribution < 1.29 is 14.3 Å². The van der Waals surface area contributed by atoms with Crippen molar-refractivity contribution in [3.8, 4) is 11.5 Å². The molecule has 0 saturated carbocycles. The third-order valence-electron chi connectivity index (χ3n) is 3.34. The van der Waals surface area contributed by atoms with Crippen LogP contribution in [0.4, 0.5) is 0 Å². The van der Waals surface area contributed by atoms with Gasteiger partial charge in [-0.05, 0) is 30.0 Å². The van der Waals surface area contributed by atoms with E-state index in [4.69, 9.17) is 9.47 Å². The van der Waals surface area contributed by atoms with Crippen LogP contribution in [0.25, 0.3) is 0 Å². The molecular formula is C19H22O3. The summed E-state index contributed by atoms with van der Waals surface area (Å²) in [5.74, 6) is 1.00. The summed E-state index contributed by atoms with van der Waals surface area (Å²) in [4.78, 5) is 11.3. The van der Waals surface area contributed by atoms with Gasteiger partial charge in [-0.1, -0.05) is 49.7 Å². The molecule has 0 fully saturated rings. The van der Waals surface area contributed by atoms with Gasteiger partial charge in [-0.3, -0.25) is 4.79 Å². The molecule has 2 rings (SSSR count). The number of aryl methyl sites for hydroxylation is 1. The highest BCUT2D eigenvalue weighted by molar-refractivity contribution is 5.70. The molecule has 0 aliphatic rings. The zero-order valence-corrected chi connectivity index (χ0v) is 13.2. The molecule has 0 N–H and O–H groups in total. The van der Waals surface area contributed by atoms with Gasteiger partial charge in [-0.25, -0.2) is 0 Å². The first-order valence-electron chi connectivity index (χ1n) is 7.67. The first-order chi connectivity index (χ1) is 10.7. The van der Waals surface area contributed by atoms with E-state index in [2.05, 4.69) is 6.92 Å². The Morgan fingerprint density at radius 2 is 1.86 bits per heavy atom. The Hall–Kier alpha value is -2.29. The number of rotatable bonds is 7. The molecule has 0 atom stereocenters. The van der Waals surface area contributed by atoms with E-state index in [9.17, 15) is 4.79 Å². The first kappa shape index (κ1) is 16.1. The molecule has 0 aromatic heterocycles. The number of unbranched alkanes of at least 4 members (excludes halogenated alkanes) is 1. The summed E-state index contributed by atoms with van der Waals surface area (Å²) in [6, 6.07) is 15.7. The molecular weight excluding hydrogens is 276 g/mol. The van der Waals surface area contributed by atoms with E-state index < -0.39 is 0 Å². The number of carbonyl (C=O) groups excluding carboxylic acids is 1. The van der Waals surface area contributed by atoms with Gasteiger partial charge in [0.2, 0.25) is 0 Å². The summed E-state index contributed by atoms with van der Waals surface area (Å²) in [5, 5.41) is 0. The van der Waals surface area contributed by atoms with Gasteiger partial charge in [0.25, 0.3) is 0 Å². The maximum atomic E-state index is 11.3. The van der Waals surface area contributed by atoms with Gasteiger partial charge in [0.05, 0.1) is 0 Å². The fourth-order valence-electron chi connectivity index (χ4n) is 2.19. The van der Waals surface area contributed by atoms with Gasteiger partial charge >= 0.3 is 5.97 Å². The summed E-state index contributed by atoms with van der Waals surface area (Å²) in [5.41, 5.74) is 2.15.